The largest absolute Gasteiger partial charge is 0.389 e. The lowest BCUT2D eigenvalue weighted by atomic mass is 10.2. The minimum atomic E-state index is -0.460. The zero-order chi connectivity index (χ0) is 12.7. The Hall–Kier alpha value is -0.900. The van der Waals surface area contributed by atoms with E-state index in [1.54, 1.807) is 0 Å². The molecular formula is C14H23NO2. The zero-order valence-corrected chi connectivity index (χ0v) is 10.9. The zero-order valence-electron chi connectivity index (χ0n) is 10.9. The van der Waals surface area contributed by atoms with Crippen LogP contribution in [0, 0.1) is 0 Å². The summed E-state index contributed by atoms with van der Waals surface area (Å²) >= 11 is 0. The Labute approximate surface area is 104 Å². The third-order valence-electron chi connectivity index (χ3n) is 2.26. The van der Waals surface area contributed by atoms with Crippen LogP contribution >= 0.6 is 0 Å². The van der Waals surface area contributed by atoms with Gasteiger partial charge in [-0.3, -0.25) is 0 Å². The minimum Gasteiger partial charge on any atom is -0.389 e. The van der Waals surface area contributed by atoms with E-state index in [1.807, 2.05) is 39.0 Å². The smallest absolute Gasteiger partial charge is 0.0898 e. The molecule has 96 valence electrons. The number of hydrogen-bond donors (Lipinski definition) is 2. The number of benzene rings is 1. The lowest BCUT2D eigenvalue weighted by Crippen LogP contribution is -2.33. The summed E-state index contributed by atoms with van der Waals surface area (Å²) in [5.41, 5.74) is 1.02. The van der Waals surface area contributed by atoms with Crippen molar-refractivity contribution >= 4 is 0 Å². The van der Waals surface area contributed by atoms with E-state index in [4.69, 9.17) is 4.74 Å². The fourth-order valence-electron chi connectivity index (χ4n) is 1.38. The van der Waals surface area contributed by atoms with Gasteiger partial charge < -0.3 is 15.2 Å². The van der Waals surface area contributed by atoms with Gasteiger partial charge in [-0.15, -0.1) is 0 Å². The molecule has 0 spiro atoms. The van der Waals surface area contributed by atoms with Gasteiger partial charge in [-0.1, -0.05) is 30.3 Å². The fourth-order valence-corrected chi connectivity index (χ4v) is 1.38. The molecule has 0 aliphatic rings. The molecule has 1 aromatic rings. The van der Waals surface area contributed by atoms with Crippen LogP contribution in [0.1, 0.15) is 26.3 Å². The first-order valence-corrected chi connectivity index (χ1v) is 6.04. The molecule has 0 unspecified atom stereocenters. The van der Waals surface area contributed by atoms with Crippen LogP contribution in [0.2, 0.25) is 0 Å². The Morgan fingerprint density at radius 3 is 2.47 bits per heavy atom. The van der Waals surface area contributed by atoms with Crippen LogP contribution in [-0.4, -0.2) is 30.0 Å². The molecule has 1 rings (SSSR count). The van der Waals surface area contributed by atoms with Gasteiger partial charge in [0.05, 0.1) is 18.3 Å². The van der Waals surface area contributed by atoms with Gasteiger partial charge in [-0.25, -0.2) is 0 Å². The van der Waals surface area contributed by atoms with Gasteiger partial charge in [0.1, 0.15) is 0 Å². The second-order valence-electron chi connectivity index (χ2n) is 5.19. The Morgan fingerprint density at radius 2 is 1.88 bits per heavy atom. The van der Waals surface area contributed by atoms with Gasteiger partial charge in [0.2, 0.25) is 0 Å². The molecule has 0 radical (unpaired) electrons. The third kappa shape index (κ3) is 7.10. The molecule has 1 aromatic carbocycles. The molecule has 0 bridgehead atoms. The standard InChI is InChI=1S/C14H23NO2/c1-14(2,3)17-11-13(16)10-15-9-12-7-5-4-6-8-12/h4-8,13,15-16H,9-11H2,1-3H3/t13-/m1/s1. The van der Waals surface area contributed by atoms with Crippen LogP contribution in [0.15, 0.2) is 30.3 Å². The molecule has 0 saturated carbocycles. The van der Waals surface area contributed by atoms with Gasteiger partial charge in [0.25, 0.3) is 0 Å². The number of aliphatic hydroxyl groups excluding tert-OH is 1. The summed E-state index contributed by atoms with van der Waals surface area (Å²) in [4.78, 5) is 0. The van der Waals surface area contributed by atoms with Crippen molar-refractivity contribution in [1.29, 1.82) is 0 Å². The lowest BCUT2D eigenvalue weighted by Gasteiger charge is -2.22. The second-order valence-corrected chi connectivity index (χ2v) is 5.19. The summed E-state index contributed by atoms with van der Waals surface area (Å²) in [6, 6.07) is 10.1. The molecule has 3 heteroatoms. The molecule has 0 fully saturated rings. The maximum atomic E-state index is 9.70. The van der Waals surface area contributed by atoms with Gasteiger partial charge in [-0.2, -0.15) is 0 Å². The molecule has 0 amide bonds. The van der Waals surface area contributed by atoms with Crippen molar-refractivity contribution in [3.63, 3.8) is 0 Å². The SMILES string of the molecule is CC(C)(C)OC[C@H](O)CNCc1ccccc1. The summed E-state index contributed by atoms with van der Waals surface area (Å²) in [6.45, 7) is 7.63. The molecule has 0 heterocycles. The van der Waals surface area contributed by atoms with Crippen molar-refractivity contribution in [3.8, 4) is 0 Å². The van der Waals surface area contributed by atoms with Gasteiger partial charge in [0, 0.05) is 13.1 Å². The van der Waals surface area contributed by atoms with Gasteiger partial charge in [0.15, 0.2) is 0 Å². The lowest BCUT2D eigenvalue weighted by molar-refractivity contribution is -0.0479. The Balaban J connectivity index is 2.14. The first-order chi connectivity index (χ1) is 7.97. The molecule has 0 aliphatic carbocycles. The predicted octanol–water partition coefficient (Wildman–Crippen LogP) is 1.95. The maximum Gasteiger partial charge on any atom is 0.0898 e. The summed E-state index contributed by atoms with van der Waals surface area (Å²) in [5, 5.41) is 12.9. The quantitative estimate of drug-likeness (QED) is 0.794. The molecule has 2 N–H and O–H groups in total. The fraction of sp³-hybridized carbons (Fsp3) is 0.571. The van der Waals surface area contributed by atoms with Crippen LogP contribution in [-0.2, 0) is 11.3 Å². The number of hydrogen-bond acceptors (Lipinski definition) is 3. The van der Waals surface area contributed by atoms with Crippen LogP contribution in [0.5, 0.6) is 0 Å². The van der Waals surface area contributed by atoms with Crippen molar-refractivity contribution < 1.29 is 9.84 Å². The molecule has 3 nitrogen and oxygen atoms in total. The van der Waals surface area contributed by atoms with Crippen LogP contribution in [0.3, 0.4) is 0 Å². The normalized spacial score (nSPS) is 13.6. The van der Waals surface area contributed by atoms with Crippen molar-refractivity contribution in [1.82, 2.24) is 5.32 Å². The number of ether oxygens (including phenoxy) is 1. The second kappa shape index (κ2) is 6.74. The number of aliphatic hydroxyl groups is 1. The van der Waals surface area contributed by atoms with E-state index in [1.165, 1.54) is 5.56 Å². The van der Waals surface area contributed by atoms with E-state index < -0.39 is 6.10 Å². The monoisotopic (exact) mass is 237 g/mol. The van der Waals surface area contributed by atoms with Crippen molar-refractivity contribution in [2.75, 3.05) is 13.2 Å². The van der Waals surface area contributed by atoms with E-state index in [0.29, 0.717) is 13.2 Å². The first-order valence-electron chi connectivity index (χ1n) is 6.04. The molecule has 0 aromatic heterocycles. The van der Waals surface area contributed by atoms with E-state index in [0.717, 1.165) is 6.54 Å². The average molecular weight is 237 g/mol. The average Bonchev–Trinajstić information content (AvgIpc) is 2.27. The molecule has 0 aliphatic heterocycles. The van der Waals surface area contributed by atoms with Crippen LogP contribution in [0.25, 0.3) is 0 Å². The molecule has 0 saturated heterocycles. The van der Waals surface area contributed by atoms with E-state index >= 15 is 0 Å². The van der Waals surface area contributed by atoms with Crippen molar-refractivity contribution in [2.45, 2.75) is 39.0 Å². The highest BCUT2D eigenvalue weighted by molar-refractivity contribution is 5.14. The number of nitrogens with one attached hydrogen (secondary N) is 1. The highest BCUT2D eigenvalue weighted by atomic mass is 16.5. The molecular weight excluding hydrogens is 214 g/mol. The molecule has 1 atom stereocenters. The first kappa shape index (κ1) is 14.2. The highest BCUT2D eigenvalue weighted by Gasteiger charge is 2.13. The topological polar surface area (TPSA) is 41.5 Å². The third-order valence-corrected chi connectivity index (χ3v) is 2.26. The number of rotatable bonds is 6. The van der Waals surface area contributed by atoms with Gasteiger partial charge >= 0.3 is 0 Å². The Bertz CT molecular complexity index is 306. The van der Waals surface area contributed by atoms with E-state index in [-0.39, 0.29) is 5.60 Å². The predicted molar refractivity (Wildman–Crippen MR) is 69.9 cm³/mol. The Kier molecular flexibility index (Phi) is 5.62. The summed E-state index contributed by atoms with van der Waals surface area (Å²) in [6.07, 6.45) is -0.460. The minimum absolute atomic E-state index is 0.194. The molecule has 17 heavy (non-hydrogen) atoms. The van der Waals surface area contributed by atoms with E-state index in [9.17, 15) is 5.11 Å². The maximum absolute atomic E-state index is 9.70. The Morgan fingerprint density at radius 1 is 1.24 bits per heavy atom. The van der Waals surface area contributed by atoms with E-state index in [2.05, 4.69) is 17.4 Å². The van der Waals surface area contributed by atoms with Gasteiger partial charge in [-0.05, 0) is 26.3 Å². The summed E-state index contributed by atoms with van der Waals surface area (Å²) in [5.74, 6) is 0. The van der Waals surface area contributed by atoms with Crippen LogP contribution in [0.4, 0.5) is 0 Å². The summed E-state index contributed by atoms with van der Waals surface area (Å²) < 4.78 is 5.50. The highest BCUT2D eigenvalue weighted by Crippen LogP contribution is 2.06. The summed E-state index contributed by atoms with van der Waals surface area (Å²) in [7, 11) is 0. The van der Waals surface area contributed by atoms with Crippen molar-refractivity contribution in [3.05, 3.63) is 35.9 Å². The van der Waals surface area contributed by atoms with Crippen molar-refractivity contribution in [2.24, 2.45) is 0 Å². The van der Waals surface area contributed by atoms with Crippen LogP contribution < -0.4 is 5.32 Å².